The van der Waals surface area contributed by atoms with Gasteiger partial charge in [-0.25, -0.2) is 0 Å². The first-order chi connectivity index (χ1) is 7.20. The number of ketones is 1. The number of carbonyl (C=O) groups is 1. The zero-order valence-electron chi connectivity index (χ0n) is 8.74. The average molecular weight is 273 g/mol. The Balaban J connectivity index is 2.93. The summed E-state index contributed by atoms with van der Waals surface area (Å²) in [6.45, 7) is 2.91. The van der Waals surface area contributed by atoms with Gasteiger partial charge in [0.25, 0.3) is 0 Å². The molecule has 1 rings (SSSR count). The van der Waals surface area contributed by atoms with Crippen LogP contribution in [0, 0.1) is 0 Å². The number of nitrogens with zero attached hydrogens (tertiary/aromatic N) is 2. The highest BCUT2D eigenvalue weighted by atomic mass is 79.9. The van der Waals surface area contributed by atoms with Crippen molar-refractivity contribution in [2.45, 2.75) is 13.5 Å². The first kappa shape index (κ1) is 12.1. The summed E-state index contributed by atoms with van der Waals surface area (Å²) < 4.78 is 7.29. The van der Waals surface area contributed by atoms with E-state index in [1.165, 1.54) is 6.08 Å². The maximum absolute atomic E-state index is 11.7. The van der Waals surface area contributed by atoms with Gasteiger partial charge >= 0.3 is 0 Å². The van der Waals surface area contributed by atoms with Crippen molar-refractivity contribution in [2.24, 2.45) is 0 Å². The van der Waals surface area contributed by atoms with E-state index in [2.05, 4.69) is 21.0 Å². The quantitative estimate of drug-likeness (QED) is 0.609. The largest absolute Gasteiger partial charge is 0.383 e. The molecule has 0 aromatic carbocycles. The van der Waals surface area contributed by atoms with Crippen LogP contribution in [0.5, 0.6) is 0 Å². The van der Waals surface area contributed by atoms with E-state index in [4.69, 9.17) is 4.74 Å². The van der Waals surface area contributed by atoms with E-state index in [0.717, 1.165) is 0 Å². The van der Waals surface area contributed by atoms with Gasteiger partial charge in [0.1, 0.15) is 5.69 Å². The molecule has 0 aliphatic heterocycles. The molecular formula is C10H13BrN2O2. The van der Waals surface area contributed by atoms with E-state index in [-0.39, 0.29) is 5.78 Å². The van der Waals surface area contributed by atoms with Crippen LogP contribution in [0.1, 0.15) is 17.4 Å². The smallest absolute Gasteiger partial charge is 0.204 e. The zero-order chi connectivity index (χ0) is 11.3. The molecule has 15 heavy (non-hydrogen) atoms. The second-order valence-electron chi connectivity index (χ2n) is 2.92. The minimum atomic E-state index is -0.0574. The van der Waals surface area contributed by atoms with Crippen LogP contribution in [0.3, 0.4) is 0 Å². The molecule has 82 valence electrons. The number of aromatic nitrogens is 2. The lowest BCUT2D eigenvalue weighted by Crippen LogP contribution is -2.12. The second kappa shape index (κ2) is 5.82. The molecule has 0 unspecified atom stereocenters. The summed E-state index contributed by atoms with van der Waals surface area (Å²) >= 11 is 3.30. The van der Waals surface area contributed by atoms with Crippen LogP contribution in [0.2, 0.25) is 0 Å². The number of ether oxygens (including phenoxy) is 1. The Kier molecular flexibility index (Phi) is 4.71. The number of rotatable bonds is 5. The summed E-state index contributed by atoms with van der Waals surface area (Å²) in [7, 11) is 1.62. The number of allylic oxidation sites excluding steroid dienone is 2. The van der Waals surface area contributed by atoms with Crippen molar-refractivity contribution >= 4 is 21.7 Å². The lowest BCUT2D eigenvalue weighted by atomic mass is 10.2. The number of carbonyl (C=O) groups excluding carboxylic acids is 1. The average Bonchev–Trinajstić information content (AvgIpc) is 2.57. The van der Waals surface area contributed by atoms with Crippen molar-refractivity contribution in [1.82, 2.24) is 9.78 Å². The fraction of sp³-hybridized carbons (Fsp3) is 0.400. The van der Waals surface area contributed by atoms with Gasteiger partial charge in [-0.2, -0.15) is 5.10 Å². The summed E-state index contributed by atoms with van der Waals surface area (Å²) in [5, 5.41) is 4.09. The molecular weight excluding hydrogens is 260 g/mol. The summed E-state index contributed by atoms with van der Waals surface area (Å²) in [5.41, 5.74) is 0.560. The summed E-state index contributed by atoms with van der Waals surface area (Å²) in [4.78, 5) is 11.7. The summed E-state index contributed by atoms with van der Waals surface area (Å²) in [6.07, 6.45) is 4.85. The minimum Gasteiger partial charge on any atom is -0.383 e. The Labute approximate surface area is 97.0 Å². The maximum atomic E-state index is 11.7. The molecule has 0 spiro atoms. The number of hydrogen-bond donors (Lipinski definition) is 0. The Morgan fingerprint density at radius 2 is 2.47 bits per heavy atom. The molecule has 0 aliphatic rings. The number of methoxy groups -OCH3 is 1. The van der Waals surface area contributed by atoms with E-state index in [0.29, 0.717) is 23.3 Å². The van der Waals surface area contributed by atoms with Crippen molar-refractivity contribution < 1.29 is 9.53 Å². The van der Waals surface area contributed by atoms with Gasteiger partial charge in [0.05, 0.1) is 23.8 Å². The van der Waals surface area contributed by atoms with Crippen molar-refractivity contribution in [3.63, 3.8) is 0 Å². The Morgan fingerprint density at radius 3 is 3.07 bits per heavy atom. The van der Waals surface area contributed by atoms with Gasteiger partial charge in [-0.1, -0.05) is 6.08 Å². The minimum absolute atomic E-state index is 0.0574. The van der Waals surface area contributed by atoms with Crippen LogP contribution in [-0.4, -0.2) is 29.3 Å². The van der Waals surface area contributed by atoms with Crippen LogP contribution in [0.15, 0.2) is 22.8 Å². The maximum Gasteiger partial charge on any atom is 0.204 e. The summed E-state index contributed by atoms with van der Waals surface area (Å²) in [6, 6.07) is 0. The van der Waals surface area contributed by atoms with E-state index in [1.54, 1.807) is 24.1 Å². The second-order valence-corrected chi connectivity index (χ2v) is 3.78. The van der Waals surface area contributed by atoms with Crippen LogP contribution in [-0.2, 0) is 11.3 Å². The van der Waals surface area contributed by atoms with Gasteiger partial charge in [0.15, 0.2) is 0 Å². The third-order valence-electron chi connectivity index (χ3n) is 1.85. The van der Waals surface area contributed by atoms with Crippen molar-refractivity contribution in [2.75, 3.05) is 13.7 Å². The third-order valence-corrected chi connectivity index (χ3v) is 2.43. The van der Waals surface area contributed by atoms with Crippen molar-refractivity contribution in [3.05, 3.63) is 28.5 Å². The van der Waals surface area contributed by atoms with Crippen molar-refractivity contribution in [1.29, 1.82) is 0 Å². The predicted octanol–water partition coefficient (Wildman–Crippen LogP) is 2.05. The van der Waals surface area contributed by atoms with Gasteiger partial charge in [0.2, 0.25) is 5.78 Å². The molecule has 1 aromatic heterocycles. The van der Waals surface area contributed by atoms with E-state index < -0.39 is 0 Å². The molecule has 0 amide bonds. The predicted molar refractivity (Wildman–Crippen MR) is 60.9 cm³/mol. The standard InChI is InChI=1S/C10H13BrN2O2/c1-3-4-9(14)10-8(11)7-12-13(10)5-6-15-2/h3-4,7H,5-6H2,1-2H3/b4-3+. The molecule has 0 bridgehead atoms. The van der Waals surface area contributed by atoms with Crippen LogP contribution < -0.4 is 0 Å². The molecule has 1 aromatic rings. The van der Waals surface area contributed by atoms with Crippen LogP contribution in [0.4, 0.5) is 0 Å². The molecule has 0 N–H and O–H groups in total. The van der Waals surface area contributed by atoms with Gasteiger partial charge < -0.3 is 4.74 Å². The third kappa shape index (κ3) is 3.00. The van der Waals surface area contributed by atoms with E-state index >= 15 is 0 Å². The van der Waals surface area contributed by atoms with Crippen LogP contribution >= 0.6 is 15.9 Å². The van der Waals surface area contributed by atoms with Gasteiger partial charge in [0, 0.05) is 7.11 Å². The Hall–Kier alpha value is -0.940. The highest BCUT2D eigenvalue weighted by molar-refractivity contribution is 9.10. The summed E-state index contributed by atoms with van der Waals surface area (Å²) in [5.74, 6) is -0.0574. The lowest BCUT2D eigenvalue weighted by Gasteiger charge is -2.04. The van der Waals surface area contributed by atoms with E-state index in [1.807, 2.05) is 6.92 Å². The molecule has 5 heteroatoms. The first-order valence-electron chi connectivity index (χ1n) is 4.58. The highest BCUT2D eigenvalue weighted by Gasteiger charge is 2.14. The zero-order valence-corrected chi connectivity index (χ0v) is 10.3. The molecule has 0 atom stereocenters. The van der Waals surface area contributed by atoms with Gasteiger partial charge in [-0.3, -0.25) is 9.48 Å². The van der Waals surface area contributed by atoms with Crippen LogP contribution in [0.25, 0.3) is 0 Å². The monoisotopic (exact) mass is 272 g/mol. The fourth-order valence-electron chi connectivity index (χ4n) is 1.19. The normalized spacial score (nSPS) is 11.1. The lowest BCUT2D eigenvalue weighted by molar-refractivity contribution is 0.103. The van der Waals surface area contributed by atoms with E-state index in [9.17, 15) is 4.79 Å². The molecule has 0 fully saturated rings. The number of halogens is 1. The molecule has 4 nitrogen and oxygen atoms in total. The molecule has 0 saturated heterocycles. The molecule has 0 aliphatic carbocycles. The van der Waals surface area contributed by atoms with Gasteiger partial charge in [-0.15, -0.1) is 0 Å². The fourth-order valence-corrected chi connectivity index (χ4v) is 1.68. The SMILES string of the molecule is C/C=C/C(=O)c1c(Br)cnn1CCOC. The first-order valence-corrected chi connectivity index (χ1v) is 5.37. The molecule has 1 heterocycles. The molecule has 0 saturated carbocycles. The van der Waals surface area contributed by atoms with Gasteiger partial charge in [-0.05, 0) is 28.9 Å². The molecule has 0 radical (unpaired) electrons. The topological polar surface area (TPSA) is 44.1 Å². The Bertz CT molecular complexity index is 371. The Morgan fingerprint density at radius 1 is 1.73 bits per heavy atom. The number of hydrogen-bond acceptors (Lipinski definition) is 3. The highest BCUT2D eigenvalue weighted by Crippen LogP contribution is 2.16. The van der Waals surface area contributed by atoms with Crippen molar-refractivity contribution in [3.8, 4) is 0 Å².